The van der Waals surface area contributed by atoms with Crippen molar-refractivity contribution in [2.75, 3.05) is 0 Å². The zero-order valence-corrected chi connectivity index (χ0v) is 29.3. The van der Waals surface area contributed by atoms with Gasteiger partial charge in [0.1, 0.15) is 17.0 Å². The number of amidine groups is 2. The molecule has 0 aliphatic heterocycles. The molecule has 1 heterocycles. The summed E-state index contributed by atoms with van der Waals surface area (Å²) in [5.74, 6) is 0.392. The average molecular weight is 692 g/mol. The standard InChI is InChI=1S/C50H33N3O/c51-49(31-10-2-1-3-11-31)53-50(52)38-22-25-45-44-24-21-37(29-47(44)54-48(45)30-38)35-15-9-13-33(27-35)32-12-8-14-34(26-32)36-20-23-43-41-18-5-4-16-39(41)40-17-6-7-19-42(40)46(43)28-36/h1-30H,(H3,51,52,53). The minimum absolute atomic E-state index is 0.0861. The van der Waals surface area contributed by atoms with Crippen LogP contribution in [0.3, 0.4) is 0 Å². The molecule has 0 bridgehead atoms. The van der Waals surface area contributed by atoms with E-state index in [1.807, 2.05) is 48.5 Å². The summed E-state index contributed by atoms with van der Waals surface area (Å²) in [5, 5.41) is 18.3. The SMILES string of the molecule is N=C(/N=C(\N)c1ccccc1)c1ccc2c(c1)oc1cc(-c3cccc(-c4cccc(-c5ccc6c7ccccc7c7ccccc7c6c5)c4)c3)ccc12. The molecule has 0 radical (unpaired) electrons. The van der Waals surface area contributed by atoms with Gasteiger partial charge in [-0.2, -0.15) is 0 Å². The van der Waals surface area contributed by atoms with Gasteiger partial charge in [-0.25, -0.2) is 4.99 Å². The summed E-state index contributed by atoms with van der Waals surface area (Å²) in [7, 11) is 0. The van der Waals surface area contributed by atoms with Crippen LogP contribution in [0.15, 0.2) is 191 Å². The molecule has 10 aromatic rings. The van der Waals surface area contributed by atoms with Crippen molar-refractivity contribution in [3.63, 3.8) is 0 Å². The first-order valence-electron chi connectivity index (χ1n) is 18.1. The molecule has 54 heavy (non-hydrogen) atoms. The van der Waals surface area contributed by atoms with E-state index < -0.39 is 0 Å². The summed E-state index contributed by atoms with van der Waals surface area (Å²) >= 11 is 0. The first kappa shape index (κ1) is 31.4. The molecule has 0 aliphatic rings. The fraction of sp³-hybridized carbons (Fsp3) is 0. The number of furan rings is 1. The maximum absolute atomic E-state index is 8.60. The number of fused-ring (bicyclic) bond motifs is 9. The molecule has 0 fully saturated rings. The Hall–Kier alpha value is -7.30. The van der Waals surface area contributed by atoms with Crippen molar-refractivity contribution in [2.24, 2.45) is 10.7 Å². The highest BCUT2D eigenvalue weighted by molar-refractivity contribution is 6.25. The van der Waals surface area contributed by atoms with E-state index in [4.69, 9.17) is 15.6 Å². The van der Waals surface area contributed by atoms with E-state index in [-0.39, 0.29) is 5.84 Å². The van der Waals surface area contributed by atoms with Gasteiger partial charge >= 0.3 is 0 Å². The van der Waals surface area contributed by atoms with Gasteiger partial charge in [-0.15, -0.1) is 0 Å². The van der Waals surface area contributed by atoms with Crippen LogP contribution in [0.25, 0.3) is 87.6 Å². The van der Waals surface area contributed by atoms with Crippen molar-refractivity contribution < 1.29 is 4.42 Å². The molecule has 0 spiro atoms. The van der Waals surface area contributed by atoms with Crippen molar-refractivity contribution in [1.82, 2.24) is 0 Å². The van der Waals surface area contributed by atoms with Gasteiger partial charge in [-0.05, 0) is 108 Å². The number of nitrogens with one attached hydrogen (secondary N) is 1. The molecule has 254 valence electrons. The lowest BCUT2D eigenvalue weighted by Gasteiger charge is -2.13. The minimum Gasteiger partial charge on any atom is -0.456 e. The number of nitrogens with zero attached hydrogens (tertiary/aromatic N) is 1. The molecule has 0 saturated heterocycles. The van der Waals surface area contributed by atoms with Crippen LogP contribution in [0.4, 0.5) is 0 Å². The highest BCUT2D eigenvalue weighted by Gasteiger charge is 2.13. The number of aliphatic imine (C=N–C) groups is 1. The summed E-state index contributed by atoms with van der Waals surface area (Å²) in [6.07, 6.45) is 0. The molecule has 0 aliphatic carbocycles. The van der Waals surface area contributed by atoms with E-state index in [2.05, 4.69) is 138 Å². The number of hydrogen-bond acceptors (Lipinski definition) is 2. The van der Waals surface area contributed by atoms with E-state index in [1.165, 1.54) is 43.4 Å². The van der Waals surface area contributed by atoms with Crippen molar-refractivity contribution in [2.45, 2.75) is 0 Å². The van der Waals surface area contributed by atoms with Gasteiger partial charge < -0.3 is 10.2 Å². The molecule has 3 N–H and O–H groups in total. The van der Waals surface area contributed by atoms with E-state index in [1.54, 1.807) is 0 Å². The van der Waals surface area contributed by atoms with Gasteiger partial charge in [0, 0.05) is 21.9 Å². The van der Waals surface area contributed by atoms with Gasteiger partial charge in [0.2, 0.25) is 0 Å². The van der Waals surface area contributed by atoms with E-state index in [9.17, 15) is 0 Å². The number of nitrogens with two attached hydrogens (primary N) is 1. The zero-order chi connectivity index (χ0) is 36.2. The molecular formula is C50H33N3O. The lowest BCUT2D eigenvalue weighted by atomic mass is 9.91. The predicted octanol–water partition coefficient (Wildman–Crippen LogP) is 12.8. The lowest BCUT2D eigenvalue weighted by molar-refractivity contribution is 0.669. The Morgan fingerprint density at radius 1 is 0.370 bits per heavy atom. The fourth-order valence-electron chi connectivity index (χ4n) is 7.81. The Morgan fingerprint density at radius 3 is 1.41 bits per heavy atom. The van der Waals surface area contributed by atoms with Crippen LogP contribution in [0.1, 0.15) is 11.1 Å². The number of benzene rings is 9. The van der Waals surface area contributed by atoms with Crippen LogP contribution in [0.2, 0.25) is 0 Å². The van der Waals surface area contributed by atoms with E-state index in [0.29, 0.717) is 17.0 Å². The first-order chi connectivity index (χ1) is 26.6. The average Bonchev–Trinajstić information content (AvgIpc) is 3.61. The molecule has 4 nitrogen and oxygen atoms in total. The normalized spacial score (nSPS) is 12.0. The highest BCUT2D eigenvalue weighted by Crippen LogP contribution is 2.38. The minimum atomic E-state index is 0.0861. The number of rotatable bonds is 5. The summed E-state index contributed by atoms with van der Waals surface area (Å²) in [4.78, 5) is 4.36. The van der Waals surface area contributed by atoms with Gasteiger partial charge in [0.05, 0.1) is 0 Å². The largest absolute Gasteiger partial charge is 0.456 e. The van der Waals surface area contributed by atoms with Crippen LogP contribution in [0.5, 0.6) is 0 Å². The van der Waals surface area contributed by atoms with Crippen molar-refractivity contribution in [3.05, 3.63) is 193 Å². The van der Waals surface area contributed by atoms with Gasteiger partial charge in [-0.3, -0.25) is 5.41 Å². The van der Waals surface area contributed by atoms with Crippen molar-refractivity contribution >= 4 is 65.9 Å². The van der Waals surface area contributed by atoms with Crippen LogP contribution in [-0.4, -0.2) is 11.7 Å². The highest BCUT2D eigenvalue weighted by atomic mass is 16.3. The maximum Gasteiger partial charge on any atom is 0.154 e. The monoisotopic (exact) mass is 691 g/mol. The van der Waals surface area contributed by atoms with Crippen LogP contribution < -0.4 is 5.73 Å². The second kappa shape index (κ2) is 12.7. The smallest absolute Gasteiger partial charge is 0.154 e. The third-order valence-electron chi connectivity index (χ3n) is 10.5. The lowest BCUT2D eigenvalue weighted by Crippen LogP contribution is -2.15. The Labute approximate surface area is 312 Å². The van der Waals surface area contributed by atoms with Crippen LogP contribution in [0, 0.1) is 5.41 Å². The predicted molar refractivity (Wildman–Crippen MR) is 227 cm³/mol. The topological polar surface area (TPSA) is 75.4 Å². The molecule has 0 amide bonds. The molecule has 10 rings (SSSR count). The van der Waals surface area contributed by atoms with E-state index in [0.717, 1.165) is 44.2 Å². The molecule has 0 saturated carbocycles. The molecular weight excluding hydrogens is 659 g/mol. The molecule has 0 unspecified atom stereocenters. The maximum atomic E-state index is 8.60. The first-order valence-corrected chi connectivity index (χ1v) is 18.1. The molecule has 0 atom stereocenters. The van der Waals surface area contributed by atoms with Crippen molar-refractivity contribution in [3.8, 4) is 33.4 Å². The van der Waals surface area contributed by atoms with Crippen LogP contribution >= 0.6 is 0 Å². The molecule has 9 aromatic carbocycles. The third-order valence-corrected chi connectivity index (χ3v) is 10.5. The number of hydrogen-bond donors (Lipinski definition) is 2. The summed E-state index contributed by atoms with van der Waals surface area (Å²) < 4.78 is 6.38. The Kier molecular flexibility index (Phi) is 7.41. The van der Waals surface area contributed by atoms with Gasteiger partial charge in [-0.1, -0.05) is 140 Å². The second-order valence-corrected chi connectivity index (χ2v) is 13.7. The van der Waals surface area contributed by atoms with E-state index >= 15 is 0 Å². The Bertz CT molecular complexity index is 3100. The van der Waals surface area contributed by atoms with Gasteiger partial charge in [0.25, 0.3) is 0 Å². The van der Waals surface area contributed by atoms with Crippen LogP contribution in [-0.2, 0) is 0 Å². The quantitative estimate of drug-likeness (QED) is 0.107. The Balaban J connectivity index is 0.974. The second-order valence-electron chi connectivity index (χ2n) is 13.7. The fourth-order valence-corrected chi connectivity index (χ4v) is 7.81. The summed E-state index contributed by atoms with van der Waals surface area (Å²) in [6.45, 7) is 0. The molecule has 1 aromatic heterocycles. The molecule has 4 heteroatoms. The third kappa shape index (κ3) is 5.40. The summed E-state index contributed by atoms with van der Waals surface area (Å²) in [6, 6.07) is 63.4. The van der Waals surface area contributed by atoms with Crippen molar-refractivity contribution in [1.29, 1.82) is 5.41 Å². The summed E-state index contributed by atoms with van der Waals surface area (Å²) in [5.41, 5.74) is 16.0. The zero-order valence-electron chi connectivity index (χ0n) is 29.3. The Morgan fingerprint density at radius 2 is 0.815 bits per heavy atom. The van der Waals surface area contributed by atoms with Gasteiger partial charge in [0.15, 0.2) is 5.84 Å².